The van der Waals surface area contributed by atoms with Crippen LogP contribution in [0.1, 0.15) is 5.56 Å². The number of ether oxygens (including phenoxy) is 1. The molecule has 1 saturated heterocycles. The first-order valence-corrected chi connectivity index (χ1v) is 9.68. The molecule has 0 aliphatic carbocycles. The fraction of sp³-hybridized carbons (Fsp3) is 0.333. The minimum atomic E-state index is -4.68. The molecular formula is C21H21F4N3O4. The van der Waals surface area contributed by atoms with Crippen molar-refractivity contribution in [1.82, 2.24) is 10.6 Å². The largest absolute Gasteiger partial charge is 0.442 e. The van der Waals surface area contributed by atoms with Crippen molar-refractivity contribution in [3.63, 3.8) is 0 Å². The highest BCUT2D eigenvalue weighted by Crippen LogP contribution is 2.29. The van der Waals surface area contributed by atoms with Gasteiger partial charge in [-0.2, -0.15) is 13.2 Å². The average Bonchev–Trinajstić information content (AvgIpc) is 3.12. The smallest absolute Gasteiger partial charge is 0.415 e. The van der Waals surface area contributed by atoms with E-state index in [1.807, 2.05) is 0 Å². The highest BCUT2D eigenvalue weighted by molar-refractivity contribution is 5.90. The first-order valence-electron chi connectivity index (χ1n) is 9.68. The molecule has 3 N–H and O–H groups in total. The van der Waals surface area contributed by atoms with Crippen LogP contribution in [0.4, 0.5) is 28.0 Å². The Hall–Kier alpha value is -3.18. The number of anilines is 1. The average molecular weight is 455 g/mol. The number of halogens is 4. The summed E-state index contributed by atoms with van der Waals surface area (Å²) < 4.78 is 56.8. The summed E-state index contributed by atoms with van der Waals surface area (Å²) in [5, 5.41) is 13.9. The molecule has 7 nitrogen and oxygen atoms in total. The van der Waals surface area contributed by atoms with Crippen LogP contribution in [0.5, 0.6) is 0 Å². The van der Waals surface area contributed by atoms with E-state index in [4.69, 9.17) is 9.84 Å². The molecule has 0 aromatic heterocycles. The number of cyclic esters (lactones) is 1. The van der Waals surface area contributed by atoms with Crippen molar-refractivity contribution < 1.29 is 37.0 Å². The van der Waals surface area contributed by atoms with Crippen molar-refractivity contribution >= 4 is 18.2 Å². The van der Waals surface area contributed by atoms with Gasteiger partial charge in [-0.05, 0) is 29.3 Å². The topological polar surface area (TPSA) is 90.9 Å². The zero-order valence-corrected chi connectivity index (χ0v) is 16.7. The fourth-order valence-corrected chi connectivity index (χ4v) is 3.20. The standard InChI is InChI=1S/C21H21F4N3O4/c22-18-7-15(28-11-16(9-27-12-29)32-20(28)31)5-6-17(18)14-3-1-13(2-4-14)8-26-10-19(30)21(23,24)25/h1-7,12,16,19,26,30H,8-11H2,(H,27,29). The predicted octanol–water partition coefficient (Wildman–Crippen LogP) is 2.58. The lowest BCUT2D eigenvalue weighted by Crippen LogP contribution is -2.38. The van der Waals surface area contributed by atoms with E-state index in [-0.39, 0.29) is 25.2 Å². The lowest BCUT2D eigenvalue weighted by molar-refractivity contribution is -0.201. The Morgan fingerprint density at radius 2 is 1.94 bits per heavy atom. The lowest BCUT2D eigenvalue weighted by Gasteiger charge is -2.15. The molecule has 2 aromatic carbocycles. The normalized spacial score (nSPS) is 17.2. The van der Waals surface area contributed by atoms with Gasteiger partial charge in [-0.1, -0.05) is 24.3 Å². The van der Waals surface area contributed by atoms with Crippen molar-refractivity contribution in [3.8, 4) is 11.1 Å². The SMILES string of the molecule is O=CNCC1CN(c2ccc(-c3ccc(CNCC(O)C(F)(F)F)cc3)c(F)c2)C(=O)O1. The van der Waals surface area contributed by atoms with Gasteiger partial charge < -0.3 is 20.5 Å². The third-order valence-electron chi connectivity index (χ3n) is 4.88. The zero-order valence-electron chi connectivity index (χ0n) is 16.7. The minimum absolute atomic E-state index is 0.103. The molecule has 1 aliphatic rings. The number of hydrogen-bond donors (Lipinski definition) is 3. The molecule has 1 fully saturated rings. The summed E-state index contributed by atoms with van der Waals surface area (Å²) in [5.74, 6) is -0.566. The van der Waals surface area contributed by atoms with Gasteiger partial charge in [0.05, 0.1) is 18.8 Å². The number of hydrogen-bond acceptors (Lipinski definition) is 5. The quantitative estimate of drug-likeness (QED) is 0.400. The second kappa shape index (κ2) is 9.96. The van der Waals surface area contributed by atoms with E-state index in [9.17, 15) is 27.2 Å². The summed E-state index contributed by atoms with van der Waals surface area (Å²) >= 11 is 0. The van der Waals surface area contributed by atoms with Crippen LogP contribution in [0.15, 0.2) is 42.5 Å². The molecule has 1 aliphatic heterocycles. The molecule has 2 atom stereocenters. The first kappa shape index (κ1) is 23.5. The Balaban J connectivity index is 1.62. The van der Waals surface area contributed by atoms with E-state index in [2.05, 4.69) is 10.6 Å². The second-order valence-electron chi connectivity index (χ2n) is 7.19. The summed E-state index contributed by atoms with van der Waals surface area (Å²) in [6, 6.07) is 10.8. The van der Waals surface area contributed by atoms with E-state index in [1.165, 1.54) is 17.0 Å². The van der Waals surface area contributed by atoms with Crippen molar-refractivity contribution in [3.05, 3.63) is 53.8 Å². The Morgan fingerprint density at radius 3 is 2.56 bits per heavy atom. The first-order chi connectivity index (χ1) is 15.2. The van der Waals surface area contributed by atoms with Gasteiger partial charge in [-0.25, -0.2) is 9.18 Å². The van der Waals surface area contributed by atoms with Gasteiger partial charge >= 0.3 is 12.3 Å². The molecule has 2 amide bonds. The number of rotatable bonds is 9. The second-order valence-corrected chi connectivity index (χ2v) is 7.19. The zero-order chi connectivity index (χ0) is 23.3. The molecule has 32 heavy (non-hydrogen) atoms. The number of alkyl halides is 3. The molecule has 2 aromatic rings. The molecule has 0 radical (unpaired) electrons. The summed E-state index contributed by atoms with van der Waals surface area (Å²) in [7, 11) is 0. The van der Waals surface area contributed by atoms with Crippen LogP contribution < -0.4 is 15.5 Å². The van der Waals surface area contributed by atoms with Crippen LogP contribution in [-0.2, 0) is 16.1 Å². The van der Waals surface area contributed by atoms with Crippen molar-refractivity contribution in [1.29, 1.82) is 0 Å². The summed E-state index contributed by atoms with van der Waals surface area (Å²) in [6.07, 6.45) is -7.80. The number of nitrogens with one attached hydrogen (secondary N) is 2. The van der Waals surface area contributed by atoms with E-state index in [1.54, 1.807) is 30.3 Å². The Morgan fingerprint density at radius 1 is 1.22 bits per heavy atom. The fourth-order valence-electron chi connectivity index (χ4n) is 3.20. The Kier molecular flexibility index (Phi) is 7.31. The van der Waals surface area contributed by atoms with Crippen LogP contribution in [0, 0.1) is 5.82 Å². The Bertz CT molecular complexity index is 953. The molecule has 11 heteroatoms. The lowest BCUT2D eigenvalue weighted by atomic mass is 10.0. The number of carbonyl (C=O) groups excluding carboxylic acids is 2. The van der Waals surface area contributed by atoms with Crippen LogP contribution in [0.25, 0.3) is 11.1 Å². The molecule has 0 saturated carbocycles. The minimum Gasteiger partial charge on any atom is -0.442 e. The number of amides is 2. The molecule has 172 valence electrons. The van der Waals surface area contributed by atoms with E-state index >= 15 is 0 Å². The van der Waals surface area contributed by atoms with Crippen molar-refractivity contribution in [2.45, 2.75) is 24.9 Å². The third-order valence-corrected chi connectivity index (χ3v) is 4.88. The van der Waals surface area contributed by atoms with Gasteiger partial charge in [0.1, 0.15) is 11.9 Å². The number of aliphatic hydroxyl groups is 1. The van der Waals surface area contributed by atoms with E-state index < -0.39 is 36.8 Å². The molecule has 0 spiro atoms. The highest BCUT2D eigenvalue weighted by Gasteiger charge is 2.37. The van der Waals surface area contributed by atoms with E-state index in [0.717, 1.165) is 0 Å². The number of carbonyl (C=O) groups is 2. The molecule has 0 bridgehead atoms. The maximum Gasteiger partial charge on any atom is 0.415 e. The molecule has 2 unspecified atom stereocenters. The monoisotopic (exact) mass is 455 g/mol. The number of aliphatic hydroxyl groups excluding tert-OH is 1. The maximum atomic E-state index is 14.7. The van der Waals surface area contributed by atoms with Crippen LogP contribution in [0.2, 0.25) is 0 Å². The van der Waals surface area contributed by atoms with Crippen molar-refractivity contribution in [2.75, 3.05) is 24.5 Å². The predicted molar refractivity (Wildman–Crippen MR) is 107 cm³/mol. The van der Waals surface area contributed by atoms with Gasteiger partial charge in [0.2, 0.25) is 6.41 Å². The van der Waals surface area contributed by atoms with Crippen LogP contribution in [-0.4, -0.2) is 55.6 Å². The summed E-state index contributed by atoms with van der Waals surface area (Å²) in [4.78, 5) is 23.7. The van der Waals surface area contributed by atoms with Gasteiger partial charge in [0, 0.05) is 18.7 Å². The van der Waals surface area contributed by atoms with Gasteiger partial charge in [-0.15, -0.1) is 0 Å². The van der Waals surface area contributed by atoms with Gasteiger partial charge in [0.25, 0.3) is 0 Å². The number of benzene rings is 2. The Labute approximate surface area is 181 Å². The van der Waals surface area contributed by atoms with Gasteiger partial charge in [-0.3, -0.25) is 9.69 Å². The highest BCUT2D eigenvalue weighted by atomic mass is 19.4. The molecule has 1 heterocycles. The third kappa shape index (κ3) is 5.74. The number of nitrogens with zero attached hydrogens (tertiary/aromatic N) is 1. The molecular weight excluding hydrogens is 434 g/mol. The molecule has 3 rings (SSSR count). The maximum absolute atomic E-state index is 14.7. The van der Waals surface area contributed by atoms with Crippen LogP contribution >= 0.6 is 0 Å². The summed E-state index contributed by atoms with van der Waals surface area (Å²) in [6.45, 7) is -0.204. The van der Waals surface area contributed by atoms with Crippen molar-refractivity contribution in [2.24, 2.45) is 0 Å². The van der Waals surface area contributed by atoms with E-state index in [0.29, 0.717) is 23.2 Å². The van der Waals surface area contributed by atoms with Gasteiger partial charge in [0.15, 0.2) is 6.10 Å². The summed E-state index contributed by atoms with van der Waals surface area (Å²) in [5.41, 5.74) is 1.81. The van der Waals surface area contributed by atoms with Crippen LogP contribution in [0.3, 0.4) is 0 Å².